The topological polar surface area (TPSA) is 17.1 Å². The second kappa shape index (κ2) is 4.02. The van der Waals surface area contributed by atoms with Crippen LogP contribution in [0.2, 0.25) is 0 Å². The number of hydrogen-bond acceptors (Lipinski definition) is 2. The van der Waals surface area contributed by atoms with Crippen molar-refractivity contribution in [1.82, 2.24) is 0 Å². The highest BCUT2D eigenvalue weighted by atomic mass is 79.9. The van der Waals surface area contributed by atoms with Crippen molar-refractivity contribution < 1.29 is 9.18 Å². The third-order valence-electron chi connectivity index (χ3n) is 2.18. The molecule has 0 aliphatic carbocycles. The second-order valence-corrected chi connectivity index (χ2v) is 5.53. The third-order valence-corrected chi connectivity index (χ3v) is 3.54. The van der Waals surface area contributed by atoms with E-state index < -0.39 is 0 Å². The molecule has 0 radical (unpaired) electrons. The summed E-state index contributed by atoms with van der Waals surface area (Å²) < 4.78 is 14.4. The van der Waals surface area contributed by atoms with Gasteiger partial charge in [-0.1, -0.05) is 22.0 Å². The minimum atomic E-state index is -0.328. The lowest BCUT2D eigenvalue weighted by Crippen LogP contribution is -2.09. The lowest BCUT2D eigenvalue weighted by molar-refractivity contribution is 0.0997. The molecule has 2 rings (SSSR count). The van der Waals surface area contributed by atoms with Gasteiger partial charge in [0.2, 0.25) is 0 Å². The van der Waals surface area contributed by atoms with Gasteiger partial charge in [-0.2, -0.15) is 0 Å². The quantitative estimate of drug-likeness (QED) is 0.602. The molecule has 0 spiro atoms. The van der Waals surface area contributed by atoms with E-state index in [-0.39, 0.29) is 16.4 Å². The number of carbonyl (C=O) groups excluding carboxylic acids is 1. The maximum absolute atomic E-state index is 13.5. The van der Waals surface area contributed by atoms with Crippen molar-refractivity contribution >= 4 is 43.1 Å². The number of carbonyl (C=O) groups is 1. The van der Waals surface area contributed by atoms with E-state index in [1.165, 1.54) is 17.4 Å². The van der Waals surface area contributed by atoms with Crippen LogP contribution in [0.1, 0.15) is 17.3 Å². The van der Waals surface area contributed by atoms with Gasteiger partial charge in [-0.05, 0) is 19.1 Å². The Morgan fingerprint density at radius 2 is 2.27 bits per heavy atom. The molecule has 1 aromatic heterocycles. The van der Waals surface area contributed by atoms with Crippen LogP contribution in [0.15, 0.2) is 23.6 Å². The summed E-state index contributed by atoms with van der Waals surface area (Å²) in [4.78, 5) is 11.5. The molecule has 0 saturated heterocycles. The van der Waals surface area contributed by atoms with E-state index >= 15 is 0 Å². The van der Waals surface area contributed by atoms with Gasteiger partial charge in [-0.15, -0.1) is 11.3 Å². The number of Topliss-reactive ketones (excluding diaryl/α,β-unsaturated/α-hetero) is 1. The van der Waals surface area contributed by atoms with Crippen molar-refractivity contribution in [2.75, 3.05) is 0 Å². The van der Waals surface area contributed by atoms with Crippen molar-refractivity contribution in [3.63, 3.8) is 0 Å². The Labute approximate surface area is 99.0 Å². The zero-order valence-corrected chi connectivity index (χ0v) is 10.4. The lowest BCUT2D eigenvalue weighted by Gasteiger charge is -2.01. The van der Waals surface area contributed by atoms with E-state index in [4.69, 9.17) is 0 Å². The Kier molecular flexibility index (Phi) is 2.89. The molecular weight excluding hydrogens is 279 g/mol. The fourth-order valence-electron chi connectivity index (χ4n) is 1.44. The molecule has 0 N–H and O–H groups in total. The van der Waals surface area contributed by atoms with Crippen molar-refractivity contribution in [3.8, 4) is 0 Å². The van der Waals surface area contributed by atoms with E-state index in [1.54, 1.807) is 18.4 Å². The van der Waals surface area contributed by atoms with Crippen molar-refractivity contribution in [2.45, 2.75) is 11.8 Å². The Morgan fingerprint density at radius 3 is 2.93 bits per heavy atom. The van der Waals surface area contributed by atoms with Gasteiger partial charge in [-0.3, -0.25) is 4.79 Å². The number of alkyl halides is 1. The van der Waals surface area contributed by atoms with Crippen molar-refractivity contribution in [2.24, 2.45) is 0 Å². The maximum atomic E-state index is 13.5. The van der Waals surface area contributed by atoms with Gasteiger partial charge in [0.15, 0.2) is 5.78 Å². The SMILES string of the molecule is CC(Br)C(=O)c1csc2cccc(F)c12. The number of ketones is 1. The summed E-state index contributed by atoms with van der Waals surface area (Å²) in [6.45, 7) is 1.74. The first-order chi connectivity index (χ1) is 7.11. The van der Waals surface area contributed by atoms with Crippen LogP contribution >= 0.6 is 27.3 Å². The normalized spacial score (nSPS) is 13.0. The number of rotatable bonds is 2. The average Bonchev–Trinajstić information content (AvgIpc) is 2.61. The molecule has 2 aromatic rings. The highest BCUT2D eigenvalue weighted by Gasteiger charge is 2.18. The minimum Gasteiger partial charge on any atom is -0.293 e. The summed E-state index contributed by atoms with van der Waals surface area (Å²) >= 11 is 4.60. The molecule has 78 valence electrons. The fraction of sp³-hybridized carbons (Fsp3) is 0.182. The zero-order valence-electron chi connectivity index (χ0n) is 7.96. The smallest absolute Gasteiger partial charge is 0.177 e. The molecular formula is C11H8BrFOS. The monoisotopic (exact) mass is 286 g/mol. The van der Waals surface area contributed by atoms with Crippen molar-refractivity contribution in [1.29, 1.82) is 0 Å². The maximum Gasteiger partial charge on any atom is 0.177 e. The van der Waals surface area contributed by atoms with Crippen LogP contribution in [0, 0.1) is 5.82 Å². The summed E-state index contributed by atoms with van der Waals surface area (Å²) in [7, 11) is 0. The Hall–Kier alpha value is -0.740. The molecule has 0 amide bonds. The predicted octanol–water partition coefficient (Wildman–Crippen LogP) is 4.01. The largest absolute Gasteiger partial charge is 0.293 e. The summed E-state index contributed by atoms with van der Waals surface area (Å²) in [5, 5.41) is 2.16. The van der Waals surface area contributed by atoms with Crippen LogP contribution in [0.3, 0.4) is 0 Å². The highest BCUT2D eigenvalue weighted by molar-refractivity contribution is 9.10. The molecule has 1 nitrogen and oxygen atoms in total. The Bertz CT molecular complexity index is 518. The van der Waals surface area contributed by atoms with Gasteiger partial charge in [0, 0.05) is 21.0 Å². The molecule has 1 heterocycles. The predicted molar refractivity (Wildman–Crippen MR) is 64.5 cm³/mol. The van der Waals surface area contributed by atoms with Crippen molar-refractivity contribution in [3.05, 3.63) is 35.0 Å². The van der Waals surface area contributed by atoms with Crippen LogP contribution in [-0.4, -0.2) is 10.6 Å². The minimum absolute atomic E-state index is 0.0775. The van der Waals surface area contributed by atoms with E-state index in [0.29, 0.717) is 10.9 Å². The molecule has 1 unspecified atom stereocenters. The zero-order chi connectivity index (χ0) is 11.0. The lowest BCUT2D eigenvalue weighted by atomic mass is 10.1. The van der Waals surface area contributed by atoms with E-state index in [0.717, 1.165) is 4.70 Å². The molecule has 1 aromatic carbocycles. The first kappa shape index (κ1) is 10.8. The Balaban J connectivity index is 2.67. The van der Waals surface area contributed by atoms with Gasteiger partial charge in [0.05, 0.1) is 4.83 Å². The van der Waals surface area contributed by atoms with Crippen LogP contribution in [-0.2, 0) is 0 Å². The fourth-order valence-corrected chi connectivity index (χ4v) is 2.65. The van der Waals surface area contributed by atoms with Gasteiger partial charge >= 0.3 is 0 Å². The summed E-state index contributed by atoms with van der Waals surface area (Å²) in [5.41, 5.74) is 0.470. The van der Waals surface area contributed by atoms with Gasteiger partial charge in [-0.25, -0.2) is 4.39 Å². The molecule has 4 heteroatoms. The summed E-state index contributed by atoms with van der Waals surface area (Å²) in [5.74, 6) is -0.406. The van der Waals surface area contributed by atoms with Gasteiger partial charge in [0.25, 0.3) is 0 Å². The molecule has 0 aliphatic rings. The number of hydrogen-bond donors (Lipinski definition) is 0. The number of thiophene rings is 1. The van der Waals surface area contributed by atoms with E-state index in [2.05, 4.69) is 15.9 Å². The summed E-state index contributed by atoms with van der Waals surface area (Å²) in [6, 6.07) is 4.85. The number of fused-ring (bicyclic) bond motifs is 1. The first-order valence-electron chi connectivity index (χ1n) is 4.45. The summed E-state index contributed by atoms with van der Waals surface area (Å²) in [6.07, 6.45) is 0. The molecule has 0 saturated carbocycles. The molecule has 0 fully saturated rings. The highest BCUT2D eigenvalue weighted by Crippen LogP contribution is 2.29. The van der Waals surface area contributed by atoms with E-state index in [1.807, 2.05) is 6.07 Å². The average molecular weight is 287 g/mol. The van der Waals surface area contributed by atoms with Crippen LogP contribution in [0.5, 0.6) is 0 Å². The molecule has 15 heavy (non-hydrogen) atoms. The second-order valence-electron chi connectivity index (χ2n) is 3.24. The Morgan fingerprint density at radius 1 is 1.53 bits per heavy atom. The van der Waals surface area contributed by atoms with Crippen LogP contribution in [0.25, 0.3) is 10.1 Å². The van der Waals surface area contributed by atoms with Gasteiger partial charge in [0.1, 0.15) is 5.82 Å². The third kappa shape index (κ3) is 1.84. The molecule has 1 atom stereocenters. The van der Waals surface area contributed by atoms with Crippen LogP contribution in [0.4, 0.5) is 4.39 Å². The van der Waals surface area contributed by atoms with Gasteiger partial charge < -0.3 is 0 Å². The number of halogens is 2. The standard InChI is InChI=1S/C11H8BrFOS/c1-6(12)11(14)7-5-15-9-4-2-3-8(13)10(7)9/h2-6H,1H3. The molecule has 0 bridgehead atoms. The van der Waals surface area contributed by atoms with E-state index in [9.17, 15) is 9.18 Å². The first-order valence-corrected chi connectivity index (χ1v) is 6.25. The molecule has 0 aliphatic heterocycles. The van der Waals surface area contributed by atoms with Crippen LogP contribution < -0.4 is 0 Å². The number of benzene rings is 1.